The number of aromatic nitrogens is 3. The van der Waals surface area contributed by atoms with Crippen molar-refractivity contribution in [3.8, 4) is 22.8 Å². The number of carbonyl (C=O) groups excluding carboxylic acids is 2. The van der Waals surface area contributed by atoms with Gasteiger partial charge in [-0.2, -0.15) is 0 Å². The van der Waals surface area contributed by atoms with E-state index in [2.05, 4.69) is 14.5 Å². The summed E-state index contributed by atoms with van der Waals surface area (Å²) in [4.78, 5) is 32.7. The number of aromatic amines is 1. The standard InChI is InChI=1S/C24H27N3O5S/c1-5-27-17(16-7-8-19-20(11-16)32-10-9-31-19)12-25-24(27)33-13-18(28)21-14(3)22(26-15(21)4)23(29)30-6-2/h7-8,11-12,26H,5-6,9-10,13H2,1-4H3. The molecule has 1 N–H and O–H groups in total. The number of carbonyl (C=O) groups is 2. The second-order valence-electron chi connectivity index (χ2n) is 7.59. The maximum absolute atomic E-state index is 13.0. The van der Waals surface area contributed by atoms with Gasteiger partial charge in [0.15, 0.2) is 22.4 Å². The molecule has 0 atom stereocenters. The highest BCUT2D eigenvalue weighted by Crippen LogP contribution is 2.36. The molecule has 0 fully saturated rings. The Morgan fingerprint density at radius 1 is 1.18 bits per heavy atom. The molecule has 3 heterocycles. The lowest BCUT2D eigenvalue weighted by atomic mass is 10.1. The molecule has 9 heteroatoms. The number of esters is 1. The van der Waals surface area contributed by atoms with Crippen LogP contribution in [0.3, 0.4) is 0 Å². The molecule has 0 saturated heterocycles. The number of ketones is 1. The van der Waals surface area contributed by atoms with Crippen LogP contribution < -0.4 is 9.47 Å². The molecule has 0 unspecified atom stereocenters. The zero-order chi connectivity index (χ0) is 23.5. The summed E-state index contributed by atoms with van der Waals surface area (Å²) in [5.41, 5.74) is 4.07. The molecule has 0 aliphatic carbocycles. The van der Waals surface area contributed by atoms with Crippen LogP contribution >= 0.6 is 11.8 Å². The van der Waals surface area contributed by atoms with Crippen LogP contribution in [0, 0.1) is 13.8 Å². The Bertz CT molecular complexity index is 1200. The fraction of sp³-hybridized carbons (Fsp3) is 0.375. The molecule has 0 bridgehead atoms. The average molecular weight is 470 g/mol. The summed E-state index contributed by atoms with van der Waals surface area (Å²) in [6, 6.07) is 5.85. The zero-order valence-corrected chi connectivity index (χ0v) is 20.0. The van der Waals surface area contributed by atoms with Crippen LogP contribution in [0.25, 0.3) is 11.3 Å². The Morgan fingerprint density at radius 2 is 1.94 bits per heavy atom. The third-order valence-electron chi connectivity index (χ3n) is 5.50. The van der Waals surface area contributed by atoms with Gasteiger partial charge in [0.25, 0.3) is 0 Å². The topological polar surface area (TPSA) is 95.4 Å². The molecule has 1 aromatic carbocycles. The molecule has 174 valence electrons. The molecule has 1 aliphatic heterocycles. The second kappa shape index (κ2) is 9.74. The molecule has 0 radical (unpaired) electrons. The van der Waals surface area contributed by atoms with E-state index in [1.807, 2.05) is 31.3 Å². The Kier molecular flexibility index (Phi) is 6.78. The fourth-order valence-electron chi connectivity index (χ4n) is 3.99. The summed E-state index contributed by atoms with van der Waals surface area (Å²) in [5, 5.41) is 0.757. The minimum atomic E-state index is -0.449. The maximum Gasteiger partial charge on any atom is 0.355 e. The first-order chi connectivity index (χ1) is 15.9. The van der Waals surface area contributed by atoms with E-state index in [1.165, 1.54) is 11.8 Å². The van der Waals surface area contributed by atoms with Gasteiger partial charge in [-0.25, -0.2) is 9.78 Å². The largest absolute Gasteiger partial charge is 0.486 e. The molecule has 33 heavy (non-hydrogen) atoms. The summed E-state index contributed by atoms with van der Waals surface area (Å²) < 4.78 is 18.5. The van der Waals surface area contributed by atoms with E-state index in [0.29, 0.717) is 42.3 Å². The van der Waals surface area contributed by atoms with Crippen LogP contribution in [0.5, 0.6) is 11.5 Å². The minimum absolute atomic E-state index is 0.0617. The number of fused-ring (bicyclic) bond motifs is 1. The number of hydrogen-bond donors (Lipinski definition) is 1. The van der Waals surface area contributed by atoms with Crippen molar-refractivity contribution in [1.29, 1.82) is 0 Å². The summed E-state index contributed by atoms with van der Waals surface area (Å²) in [7, 11) is 0. The van der Waals surface area contributed by atoms with Gasteiger partial charge in [-0.05, 0) is 51.5 Å². The lowest BCUT2D eigenvalue weighted by Crippen LogP contribution is -2.15. The van der Waals surface area contributed by atoms with Crippen LogP contribution in [0.4, 0.5) is 0 Å². The molecule has 2 aromatic heterocycles. The fourth-order valence-corrected chi connectivity index (χ4v) is 4.91. The molecule has 8 nitrogen and oxygen atoms in total. The molecule has 4 rings (SSSR count). The lowest BCUT2D eigenvalue weighted by Gasteiger charge is -2.19. The number of nitrogens with zero attached hydrogens (tertiary/aromatic N) is 2. The number of nitrogens with one attached hydrogen (secondary N) is 1. The summed E-state index contributed by atoms with van der Waals surface area (Å²) in [6.07, 6.45) is 1.81. The Hall–Kier alpha value is -3.20. The highest BCUT2D eigenvalue weighted by molar-refractivity contribution is 7.99. The molecule has 0 amide bonds. The molecule has 0 saturated carbocycles. The number of aryl methyl sites for hydroxylation is 1. The van der Waals surface area contributed by atoms with E-state index in [-0.39, 0.29) is 18.1 Å². The van der Waals surface area contributed by atoms with Crippen LogP contribution in [0.15, 0.2) is 29.6 Å². The SMILES string of the molecule is CCOC(=O)c1[nH]c(C)c(C(=O)CSc2ncc(-c3ccc4c(c3)OCCO4)n2CC)c1C. The predicted molar refractivity (Wildman–Crippen MR) is 126 cm³/mol. The smallest absolute Gasteiger partial charge is 0.355 e. The summed E-state index contributed by atoms with van der Waals surface area (Å²) >= 11 is 1.38. The van der Waals surface area contributed by atoms with Crippen molar-refractivity contribution >= 4 is 23.5 Å². The predicted octanol–water partition coefficient (Wildman–Crippen LogP) is 4.44. The first kappa shape index (κ1) is 23.0. The maximum atomic E-state index is 13.0. The van der Waals surface area contributed by atoms with Crippen molar-refractivity contribution in [2.75, 3.05) is 25.6 Å². The van der Waals surface area contributed by atoms with Gasteiger partial charge in [-0.15, -0.1) is 0 Å². The number of imidazole rings is 1. The number of thioether (sulfide) groups is 1. The summed E-state index contributed by atoms with van der Waals surface area (Å²) in [5.74, 6) is 1.16. The number of ether oxygens (including phenoxy) is 3. The molecular weight excluding hydrogens is 442 g/mol. The normalized spacial score (nSPS) is 12.6. The number of H-pyrrole nitrogens is 1. The van der Waals surface area contributed by atoms with Crippen molar-refractivity contribution in [3.63, 3.8) is 0 Å². The van der Waals surface area contributed by atoms with E-state index in [1.54, 1.807) is 20.8 Å². The lowest BCUT2D eigenvalue weighted by molar-refractivity contribution is 0.0519. The highest BCUT2D eigenvalue weighted by Gasteiger charge is 2.23. The zero-order valence-electron chi connectivity index (χ0n) is 19.2. The molecule has 1 aliphatic rings. The van der Waals surface area contributed by atoms with E-state index < -0.39 is 5.97 Å². The Morgan fingerprint density at radius 3 is 2.67 bits per heavy atom. The van der Waals surface area contributed by atoms with Crippen LogP contribution in [0.1, 0.15) is 46.0 Å². The van der Waals surface area contributed by atoms with E-state index in [4.69, 9.17) is 14.2 Å². The van der Waals surface area contributed by atoms with Crippen LogP contribution in [-0.4, -0.2) is 51.9 Å². The van der Waals surface area contributed by atoms with Crippen molar-refractivity contribution in [3.05, 3.63) is 46.9 Å². The van der Waals surface area contributed by atoms with Gasteiger partial charge in [0.1, 0.15) is 18.9 Å². The van der Waals surface area contributed by atoms with Crippen molar-refractivity contribution in [2.45, 2.75) is 39.4 Å². The summed E-state index contributed by atoms with van der Waals surface area (Å²) in [6.45, 7) is 9.41. The van der Waals surface area contributed by atoms with Crippen LogP contribution in [-0.2, 0) is 11.3 Å². The van der Waals surface area contributed by atoms with E-state index in [9.17, 15) is 9.59 Å². The molecule has 3 aromatic rings. The van der Waals surface area contributed by atoms with Crippen molar-refractivity contribution < 1.29 is 23.8 Å². The van der Waals surface area contributed by atoms with Crippen LogP contribution in [0.2, 0.25) is 0 Å². The Balaban J connectivity index is 1.53. The van der Waals surface area contributed by atoms with Gasteiger partial charge < -0.3 is 23.8 Å². The van der Waals surface area contributed by atoms with Gasteiger partial charge in [-0.1, -0.05) is 11.8 Å². The Labute approximate surface area is 196 Å². The number of rotatable bonds is 8. The second-order valence-corrected chi connectivity index (χ2v) is 8.53. The van der Waals surface area contributed by atoms with Crippen molar-refractivity contribution in [1.82, 2.24) is 14.5 Å². The average Bonchev–Trinajstić information content (AvgIpc) is 3.37. The van der Waals surface area contributed by atoms with Gasteiger partial charge in [-0.3, -0.25) is 4.79 Å². The number of benzene rings is 1. The number of hydrogen-bond acceptors (Lipinski definition) is 7. The van der Waals surface area contributed by atoms with Gasteiger partial charge in [0.2, 0.25) is 0 Å². The van der Waals surface area contributed by atoms with E-state index in [0.717, 1.165) is 27.9 Å². The third-order valence-corrected chi connectivity index (χ3v) is 6.49. The first-order valence-corrected chi connectivity index (χ1v) is 11.9. The third kappa shape index (κ3) is 4.50. The molecule has 0 spiro atoms. The highest BCUT2D eigenvalue weighted by atomic mass is 32.2. The first-order valence-electron chi connectivity index (χ1n) is 10.9. The molecular formula is C24H27N3O5S. The monoisotopic (exact) mass is 469 g/mol. The van der Waals surface area contributed by atoms with E-state index >= 15 is 0 Å². The van der Waals surface area contributed by atoms with Gasteiger partial charge >= 0.3 is 5.97 Å². The number of Topliss-reactive ketones (excluding diaryl/α,β-unsaturated/α-hetero) is 1. The van der Waals surface area contributed by atoms with Gasteiger partial charge in [0, 0.05) is 23.4 Å². The quantitative estimate of drug-likeness (QED) is 0.296. The van der Waals surface area contributed by atoms with Gasteiger partial charge in [0.05, 0.1) is 24.3 Å². The van der Waals surface area contributed by atoms with Crippen molar-refractivity contribution in [2.24, 2.45) is 0 Å². The minimum Gasteiger partial charge on any atom is -0.486 e.